The Kier molecular flexibility index (Phi) is 4.42. The van der Waals surface area contributed by atoms with Crippen molar-refractivity contribution in [3.8, 4) is 0 Å². The van der Waals surface area contributed by atoms with Gasteiger partial charge in [-0.05, 0) is 44.7 Å². The second-order valence-electron chi connectivity index (χ2n) is 4.95. The van der Waals surface area contributed by atoms with E-state index in [4.69, 9.17) is 0 Å². The first kappa shape index (κ1) is 12.4. The van der Waals surface area contributed by atoms with Gasteiger partial charge in [0.15, 0.2) is 0 Å². The average Bonchev–Trinajstić information content (AvgIpc) is 2.70. The van der Waals surface area contributed by atoms with Crippen LogP contribution in [0.15, 0.2) is 17.2 Å². The number of piperidine rings is 1. The SMILES string of the molecule is CCCn1ccn(CCC2CCNCC2)c1=O. The minimum atomic E-state index is 0.154. The fourth-order valence-electron chi connectivity index (χ4n) is 2.53. The van der Waals surface area contributed by atoms with Crippen molar-refractivity contribution in [2.24, 2.45) is 5.92 Å². The Bertz CT molecular complexity index is 388. The van der Waals surface area contributed by atoms with Crippen LogP contribution in [-0.4, -0.2) is 22.2 Å². The molecule has 0 bridgehead atoms. The molecule has 2 rings (SSSR count). The molecule has 4 nitrogen and oxygen atoms in total. The van der Waals surface area contributed by atoms with Crippen molar-refractivity contribution in [1.82, 2.24) is 14.5 Å². The highest BCUT2D eigenvalue weighted by molar-refractivity contribution is 4.82. The highest BCUT2D eigenvalue weighted by Crippen LogP contribution is 2.16. The van der Waals surface area contributed by atoms with Gasteiger partial charge in [-0.2, -0.15) is 0 Å². The Balaban J connectivity index is 1.88. The molecule has 1 aliphatic heterocycles. The van der Waals surface area contributed by atoms with Crippen LogP contribution in [0.5, 0.6) is 0 Å². The standard InChI is InChI=1S/C13H23N3O/c1-2-8-15-10-11-16(13(15)17)9-5-12-3-6-14-7-4-12/h10-12,14H,2-9H2,1H3. The summed E-state index contributed by atoms with van der Waals surface area (Å²) >= 11 is 0. The van der Waals surface area contributed by atoms with E-state index in [9.17, 15) is 4.79 Å². The molecule has 0 atom stereocenters. The molecule has 1 saturated heterocycles. The Hall–Kier alpha value is -1.03. The number of aromatic nitrogens is 2. The van der Waals surface area contributed by atoms with Gasteiger partial charge in [-0.1, -0.05) is 6.92 Å². The summed E-state index contributed by atoms with van der Waals surface area (Å²) < 4.78 is 3.67. The molecule has 0 aromatic carbocycles. The average molecular weight is 237 g/mol. The van der Waals surface area contributed by atoms with Crippen LogP contribution in [0.3, 0.4) is 0 Å². The summed E-state index contributed by atoms with van der Waals surface area (Å²) in [7, 11) is 0. The second kappa shape index (κ2) is 6.05. The Morgan fingerprint density at radius 1 is 1.24 bits per heavy atom. The molecule has 1 aromatic rings. The third-order valence-electron chi connectivity index (χ3n) is 3.62. The molecule has 4 heteroatoms. The van der Waals surface area contributed by atoms with Crippen molar-refractivity contribution in [1.29, 1.82) is 0 Å². The first-order valence-electron chi connectivity index (χ1n) is 6.77. The van der Waals surface area contributed by atoms with Gasteiger partial charge >= 0.3 is 5.69 Å². The highest BCUT2D eigenvalue weighted by atomic mass is 16.1. The molecule has 0 aliphatic carbocycles. The summed E-state index contributed by atoms with van der Waals surface area (Å²) in [6, 6.07) is 0. The molecule has 1 aromatic heterocycles. The van der Waals surface area contributed by atoms with Gasteiger partial charge in [0.2, 0.25) is 0 Å². The number of hydrogen-bond donors (Lipinski definition) is 1. The lowest BCUT2D eigenvalue weighted by molar-refractivity contribution is 0.335. The lowest BCUT2D eigenvalue weighted by Crippen LogP contribution is -2.29. The molecule has 17 heavy (non-hydrogen) atoms. The highest BCUT2D eigenvalue weighted by Gasteiger charge is 2.13. The van der Waals surface area contributed by atoms with Gasteiger partial charge in [-0.15, -0.1) is 0 Å². The minimum Gasteiger partial charge on any atom is -0.317 e. The van der Waals surface area contributed by atoms with Gasteiger partial charge in [0.25, 0.3) is 0 Å². The van der Waals surface area contributed by atoms with E-state index < -0.39 is 0 Å². The van der Waals surface area contributed by atoms with Gasteiger partial charge in [-0.25, -0.2) is 4.79 Å². The largest absolute Gasteiger partial charge is 0.328 e. The third kappa shape index (κ3) is 3.22. The molecule has 96 valence electrons. The molecule has 0 radical (unpaired) electrons. The molecular formula is C13H23N3O. The Labute approximate surface area is 103 Å². The van der Waals surface area contributed by atoms with E-state index in [2.05, 4.69) is 12.2 Å². The smallest absolute Gasteiger partial charge is 0.317 e. The number of rotatable bonds is 5. The first-order chi connectivity index (χ1) is 8.31. The van der Waals surface area contributed by atoms with Gasteiger partial charge in [-0.3, -0.25) is 9.13 Å². The fraction of sp³-hybridized carbons (Fsp3) is 0.769. The summed E-state index contributed by atoms with van der Waals surface area (Å²) in [5, 5.41) is 3.37. The maximum atomic E-state index is 11.9. The maximum Gasteiger partial charge on any atom is 0.328 e. The number of nitrogens with one attached hydrogen (secondary N) is 1. The van der Waals surface area contributed by atoms with Crippen molar-refractivity contribution in [2.75, 3.05) is 13.1 Å². The molecule has 2 heterocycles. The molecule has 0 spiro atoms. The van der Waals surface area contributed by atoms with Crippen LogP contribution in [0.2, 0.25) is 0 Å². The van der Waals surface area contributed by atoms with Crippen molar-refractivity contribution in [3.05, 3.63) is 22.9 Å². The summed E-state index contributed by atoms with van der Waals surface area (Å²) in [5.41, 5.74) is 0.154. The van der Waals surface area contributed by atoms with Crippen molar-refractivity contribution in [3.63, 3.8) is 0 Å². The number of aryl methyl sites for hydroxylation is 2. The molecule has 1 N–H and O–H groups in total. The number of nitrogens with zero attached hydrogens (tertiary/aromatic N) is 2. The summed E-state index contributed by atoms with van der Waals surface area (Å²) in [5.74, 6) is 0.790. The van der Waals surface area contributed by atoms with E-state index in [1.165, 1.54) is 12.8 Å². The van der Waals surface area contributed by atoms with Crippen molar-refractivity contribution < 1.29 is 0 Å². The number of hydrogen-bond acceptors (Lipinski definition) is 2. The first-order valence-corrected chi connectivity index (χ1v) is 6.77. The van der Waals surface area contributed by atoms with Crippen molar-refractivity contribution >= 4 is 0 Å². The molecule has 1 aliphatic rings. The molecule has 0 unspecified atom stereocenters. The van der Waals surface area contributed by atoms with E-state index in [0.29, 0.717) is 0 Å². The van der Waals surface area contributed by atoms with E-state index in [0.717, 1.165) is 44.9 Å². The van der Waals surface area contributed by atoms with Crippen LogP contribution in [0, 0.1) is 5.92 Å². The van der Waals surface area contributed by atoms with Crippen LogP contribution in [0.1, 0.15) is 32.6 Å². The van der Waals surface area contributed by atoms with E-state index >= 15 is 0 Å². The van der Waals surface area contributed by atoms with E-state index in [1.54, 1.807) is 0 Å². The summed E-state index contributed by atoms with van der Waals surface area (Å²) in [6.45, 7) is 6.07. The molecule has 0 amide bonds. The third-order valence-corrected chi connectivity index (χ3v) is 3.62. The van der Waals surface area contributed by atoms with Gasteiger partial charge in [0.1, 0.15) is 0 Å². The van der Waals surface area contributed by atoms with Crippen LogP contribution < -0.4 is 11.0 Å². The van der Waals surface area contributed by atoms with E-state index in [1.807, 2.05) is 21.5 Å². The topological polar surface area (TPSA) is 39.0 Å². The quantitative estimate of drug-likeness (QED) is 0.842. The predicted molar refractivity (Wildman–Crippen MR) is 69.2 cm³/mol. The summed E-state index contributed by atoms with van der Waals surface area (Å²) in [4.78, 5) is 11.9. The zero-order chi connectivity index (χ0) is 12.1. The number of imidazole rings is 1. The molecule has 1 fully saturated rings. The van der Waals surface area contributed by atoms with Crippen LogP contribution in [0.25, 0.3) is 0 Å². The lowest BCUT2D eigenvalue weighted by Gasteiger charge is -2.22. The monoisotopic (exact) mass is 237 g/mol. The van der Waals surface area contributed by atoms with Crippen LogP contribution in [-0.2, 0) is 13.1 Å². The second-order valence-corrected chi connectivity index (χ2v) is 4.95. The Morgan fingerprint density at radius 3 is 2.53 bits per heavy atom. The molecule has 0 saturated carbocycles. The lowest BCUT2D eigenvalue weighted by atomic mass is 9.95. The fourth-order valence-corrected chi connectivity index (χ4v) is 2.53. The summed E-state index contributed by atoms with van der Waals surface area (Å²) in [6.07, 6.45) is 8.50. The van der Waals surface area contributed by atoms with Crippen molar-refractivity contribution in [2.45, 2.75) is 45.7 Å². The van der Waals surface area contributed by atoms with Gasteiger partial charge in [0.05, 0.1) is 0 Å². The minimum absolute atomic E-state index is 0.154. The Morgan fingerprint density at radius 2 is 1.88 bits per heavy atom. The zero-order valence-electron chi connectivity index (χ0n) is 10.7. The van der Waals surface area contributed by atoms with E-state index in [-0.39, 0.29) is 5.69 Å². The van der Waals surface area contributed by atoms with Gasteiger partial charge in [0, 0.05) is 25.5 Å². The predicted octanol–water partition coefficient (Wildman–Crippen LogP) is 1.45. The normalized spacial score (nSPS) is 17.5. The zero-order valence-corrected chi connectivity index (χ0v) is 10.7. The molecular weight excluding hydrogens is 214 g/mol. The maximum absolute atomic E-state index is 11.9. The van der Waals surface area contributed by atoms with Crippen LogP contribution in [0.4, 0.5) is 0 Å². The van der Waals surface area contributed by atoms with Gasteiger partial charge < -0.3 is 5.32 Å². The van der Waals surface area contributed by atoms with Crippen LogP contribution >= 0.6 is 0 Å².